The van der Waals surface area contributed by atoms with Gasteiger partial charge in [0.25, 0.3) is 0 Å². The lowest BCUT2D eigenvalue weighted by Crippen LogP contribution is -2.48. The normalized spacial score (nSPS) is 14.6. The van der Waals surface area contributed by atoms with Gasteiger partial charge in [0.05, 0.1) is 14.9 Å². The molecule has 0 heterocycles. The number of sulfonamides is 1. The Bertz CT molecular complexity index is 541. The minimum absolute atomic E-state index is 0.0577. The molecule has 3 nitrogen and oxygen atoms in total. The van der Waals surface area contributed by atoms with Crippen LogP contribution in [-0.4, -0.2) is 19.3 Å². The third kappa shape index (κ3) is 3.75. The smallest absolute Gasteiger partial charge is 0.207 e. The molecule has 1 unspecified atom stereocenters. The van der Waals surface area contributed by atoms with E-state index in [0.717, 1.165) is 0 Å². The highest BCUT2D eigenvalue weighted by Crippen LogP contribution is 2.26. The average molecular weight is 331 g/mol. The van der Waals surface area contributed by atoms with E-state index in [0.29, 0.717) is 5.02 Å². The maximum atomic E-state index is 12.1. The van der Waals surface area contributed by atoms with Crippen molar-refractivity contribution in [1.82, 2.24) is 4.72 Å². The Labute approximate surface area is 122 Å². The molecule has 0 spiro atoms. The van der Waals surface area contributed by atoms with E-state index in [1.165, 1.54) is 18.2 Å². The van der Waals surface area contributed by atoms with Crippen molar-refractivity contribution >= 4 is 44.8 Å². The van der Waals surface area contributed by atoms with Gasteiger partial charge in [0.1, 0.15) is 0 Å². The molecule has 0 aliphatic rings. The zero-order valence-electron chi connectivity index (χ0n) is 10.2. The minimum Gasteiger partial charge on any atom is -0.207 e. The fourth-order valence-corrected chi connectivity index (χ4v) is 3.12. The lowest BCUT2D eigenvalue weighted by Gasteiger charge is -2.28. The summed E-state index contributed by atoms with van der Waals surface area (Å²) in [7, 11) is -3.68. The number of hydrogen-bond donors (Lipinski definition) is 1. The number of halogens is 3. The molecular weight excluding hydrogens is 317 g/mol. The molecule has 0 radical (unpaired) electrons. The summed E-state index contributed by atoms with van der Waals surface area (Å²) in [6, 6.07) is 4.14. The first-order valence-electron chi connectivity index (χ1n) is 5.19. The largest absolute Gasteiger partial charge is 0.241 e. The van der Waals surface area contributed by atoms with E-state index in [4.69, 9.17) is 34.8 Å². The van der Waals surface area contributed by atoms with E-state index < -0.39 is 15.6 Å². The van der Waals surface area contributed by atoms with E-state index in [-0.39, 0.29) is 15.3 Å². The molecule has 0 amide bonds. The van der Waals surface area contributed by atoms with E-state index in [1.54, 1.807) is 20.8 Å². The van der Waals surface area contributed by atoms with Crippen molar-refractivity contribution in [3.05, 3.63) is 28.2 Å². The Morgan fingerprint density at radius 1 is 1.22 bits per heavy atom. The van der Waals surface area contributed by atoms with E-state index in [9.17, 15) is 8.42 Å². The second-order valence-corrected chi connectivity index (χ2v) is 7.67. The van der Waals surface area contributed by atoms with Crippen molar-refractivity contribution in [2.75, 3.05) is 0 Å². The number of benzene rings is 1. The van der Waals surface area contributed by atoms with Gasteiger partial charge in [0, 0.05) is 10.9 Å². The van der Waals surface area contributed by atoms with E-state index >= 15 is 0 Å². The summed E-state index contributed by atoms with van der Waals surface area (Å²) in [6.07, 6.45) is 0. The Balaban J connectivity index is 3.11. The first kappa shape index (κ1) is 16.1. The SMILES string of the molecule is CC(Cl)C(C)(C)NS(=O)(=O)c1ccc(Cl)c(Cl)c1. The summed E-state index contributed by atoms with van der Waals surface area (Å²) in [5.41, 5.74) is -0.771. The van der Waals surface area contributed by atoms with Gasteiger partial charge in [0.2, 0.25) is 10.0 Å². The van der Waals surface area contributed by atoms with Crippen LogP contribution in [0.2, 0.25) is 10.0 Å². The number of alkyl halides is 1. The molecule has 0 saturated carbocycles. The van der Waals surface area contributed by atoms with Crippen LogP contribution in [0.3, 0.4) is 0 Å². The second kappa shape index (κ2) is 5.55. The molecular formula is C11H14Cl3NO2S. The summed E-state index contributed by atoms with van der Waals surface area (Å²) in [6.45, 7) is 5.14. The van der Waals surface area contributed by atoms with Crippen molar-refractivity contribution in [2.24, 2.45) is 0 Å². The molecule has 18 heavy (non-hydrogen) atoms. The highest BCUT2D eigenvalue weighted by atomic mass is 35.5. The molecule has 0 aliphatic carbocycles. The van der Waals surface area contributed by atoms with Gasteiger partial charge in [-0.1, -0.05) is 23.2 Å². The standard InChI is InChI=1S/C11H14Cl3NO2S/c1-7(12)11(2,3)15-18(16,17)8-4-5-9(13)10(14)6-8/h4-7,15H,1-3H3. The lowest BCUT2D eigenvalue weighted by atomic mass is 10.0. The average Bonchev–Trinajstić information content (AvgIpc) is 2.20. The predicted octanol–water partition coefficient (Wildman–Crippen LogP) is 3.68. The van der Waals surface area contributed by atoms with Crippen LogP contribution in [0.5, 0.6) is 0 Å². The Morgan fingerprint density at radius 2 is 1.78 bits per heavy atom. The predicted molar refractivity (Wildman–Crippen MR) is 76.2 cm³/mol. The monoisotopic (exact) mass is 329 g/mol. The molecule has 0 aliphatic heterocycles. The third-order valence-electron chi connectivity index (χ3n) is 2.59. The van der Waals surface area contributed by atoms with Gasteiger partial charge in [-0.25, -0.2) is 13.1 Å². The second-order valence-electron chi connectivity index (χ2n) is 4.52. The van der Waals surface area contributed by atoms with Crippen molar-refractivity contribution in [3.63, 3.8) is 0 Å². The number of hydrogen-bond acceptors (Lipinski definition) is 2. The van der Waals surface area contributed by atoms with E-state index in [1.807, 2.05) is 0 Å². The van der Waals surface area contributed by atoms with Crippen molar-refractivity contribution in [2.45, 2.75) is 36.6 Å². The van der Waals surface area contributed by atoms with Crippen molar-refractivity contribution in [3.8, 4) is 0 Å². The van der Waals surface area contributed by atoms with Crippen molar-refractivity contribution in [1.29, 1.82) is 0 Å². The summed E-state index contributed by atoms with van der Waals surface area (Å²) < 4.78 is 26.8. The summed E-state index contributed by atoms with van der Waals surface area (Å²) in [4.78, 5) is 0.0577. The molecule has 102 valence electrons. The Morgan fingerprint density at radius 3 is 2.22 bits per heavy atom. The van der Waals surface area contributed by atoms with Crippen LogP contribution in [0.4, 0.5) is 0 Å². The van der Waals surface area contributed by atoms with E-state index in [2.05, 4.69) is 4.72 Å². The quantitative estimate of drug-likeness (QED) is 0.856. The van der Waals surface area contributed by atoms with Gasteiger partial charge in [-0.3, -0.25) is 0 Å². The molecule has 1 aromatic rings. The van der Waals surface area contributed by atoms with Gasteiger partial charge in [-0.05, 0) is 39.0 Å². The minimum atomic E-state index is -3.68. The lowest BCUT2D eigenvalue weighted by molar-refractivity contribution is 0.445. The molecule has 1 atom stereocenters. The fourth-order valence-electron chi connectivity index (χ4n) is 1.13. The van der Waals surface area contributed by atoms with Crippen LogP contribution < -0.4 is 4.72 Å². The van der Waals surface area contributed by atoms with Crippen LogP contribution in [0, 0.1) is 0 Å². The highest BCUT2D eigenvalue weighted by Gasteiger charge is 2.30. The Kier molecular flexibility index (Phi) is 4.95. The maximum absolute atomic E-state index is 12.1. The third-order valence-corrected chi connectivity index (χ3v) is 5.55. The molecule has 7 heteroatoms. The topological polar surface area (TPSA) is 46.2 Å². The zero-order chi connectivity index (χ0) is 14.1. The van der Waals surface area contributed by atoms with Crippen LogP contribution in [-0.2, 0) is 10.0 Å². The highest BCUT2D eigenvalue weighted by molar-refractivity contribution is 7.89. The molecule has 0 bridgehead atoms. The number of nitrogens with one attached hydrogen (secondary N) is 1. The van der Waals surface area contributed by atoms with Gasteiger partial charge in [-0.15, -0.1) is 11.6 Å². The summed E-state index contributed by atoms with van der Waals surface area (Å²) in [5.74, 6) is 0. The molecule has 0 saturated heterocycles. The Hall–Kier alpha value is -0.000000000000000111. The summed E-state index contributed by atoms with van der Waals surface area (Å²) >= 11 is 17.5. The zero-order valence-corrected chi connectivity index (χ0v) is 13.3. The van der Waals surface area contributed by atoms with Crippen LogP contribution in [0.15, 0.2) is 23.1 Å². The van der Waals surface area contributed by atoms with Crippen LogP contribution >= 0.6 is 34.8 Å². The molecule has 0 aromatic heterocycles. The molecule has 1 N–H and O–H groups in total. The first-order valence-corrected chi connectivity index (χ1v) is 7.87. The van der Waals surface area contributed by atoms with Crippen LogP contribution in [0.25, 0.3) is 0 Å². The molecule has 1 rings (SSSR count). The maximum Gasteiger partial charge on any atom is 0.241 e. The molecule has 1 aromatic carbocycles. The fraction of sp³-hybridized carbons (Fsp3) is 0.455. The van der Waals surface area contributed by atoms with Gasteiger partial charge >= 0.3 is 0 Å². The first-order chi connectivity index (χ1) is 8.06. The molecule has 0 fully saturated rings. The summed E-state index contributed by atoms with van der Waals surface area (Å²) in [5, 5.41) is 0.131. The van der Waals surface area contributed by atoms with Gasteiger partial charge in [-0.2, -0.15) is 0 Å². The van der Waals surface area contributed by atoms with Crippen LogP contribution in [0.1, 0.15) is 20.8 Å². The van der Waals surface area contributed by atoms with Gasteiger partial charge in [0.15, 0.2) is 0 Å². The van der Waals surface area contributed by atoms with Gasteiger partial charge < -0.3 is 0 Å². The van der Waals surface area contributed by atoms with Crippen molar-refractivity contribution < 1.29 is 8.42 Å². The number of rotatable bonds is 4.